The maximum absolute atomic E-state index is 6.04. The summed E-state index contributed by atoms with van der Waals surface area (Å²) in [5.74, 6) is 1.81. The van der Waals surface area contributed by atoms with Crippen LogP contribution in [0.2, 0.25) is 5.15 Å². The molecule has 2 heterocycles. The average molecular weight is 267 g/mol. The third kappa shape index (κ3) is 2.61. The molecule has 0 aromatic carbocycles. The third-order valence-electron chi connectivity index (χ3n) is 2.55. The van der Waals surface area contributed by atoms with Gasteiger partial charge in [0.05, 0.1) is 12.4 Å². The molecule has 2 rings (SSSR count). The van der Waals surface area contributed by atoms with Gasteiger partial charge in [-0.05, 0) is 13.8 Å². The molecule has 0 aliphatic carbocycles. The number of nitrogens with zero attached hydrogens (tertiary/aromatic N) is 4. The lowest BCUT2D eigenvalue weighted by atomic mass is 10.3. The first-order valence-corrected chi connectivity index (χ1v) is 6.25. The number of ether oxygens (including phenoxy) is 1. The van der Waals surface area contributed by atoms with E-state index < -0.39 is 0 Å². The van der Waals surface area contributed by atoms with E-state index in [0.717, 1.165) is 12.1 Å². The van der Waals surface area contributed by atoms with Crippen molar-refractivity contribution in [3.8, 4) is 11.6 Å². The Morgan fingerprint density at radius 1 is 1.33 bits per heavy atom. The molecule has 0 atom stereocenters. The molecule has 0 N–H and O–H groups in total. The topological polar surface area (TPSA) is 52.8 Å². The number of aryl methyl sites for hydroxylation is 2. The quantitative estimate of drug-likeness (QED) is 0.799. The summed E-state index contributed by atoms with van der Waals surface area (Å²) in [6.45, 7) is 6.62. The van der Waals surface area contributed by atoms with Crippen LogP contribution in [0.25, 0.3) is 0 Å². The molecule has 0 unspecified atom stereocenters. The van der Waals surface area contributed by atoms with Crippen molar-refractivity contribution in [2.24, 2.45) is 0 Å². The zero-order valence-electron chi connectivity index (χ0n) is 10.6. The van der Waals surface area contributed by atoms with Crippen LogP contribution in [0.3, 0.4) is 0 Å². The SMILES string of the molecule is CCc1nc(Cl)c(C)c(Oc2cnn(CC)c2)n1. The predicted octanol–water partition coefficient (Wildman–Crippen LogP) is 3.01. The summed E-state index contributed by atoms with van der Waals surface area (Å²) in [6, 6.07) is 0. The molecule has 0 spiro atoms. The van der Waals surface area contributed by atoms with Gasteiger partial charge >= 0.3 is 0 Å². The van der Waals surface area contributed by atoms with E-state index in [0.29, 0.717) is 29.0 Å². The fourth-order valence-corrected chi connectivity index (χ4v) is 1.63. The monoisotopic (exact) mass is 266 g/mol. The van der Waals surface area contributed by atoms with Crippen LogP contribution in [-0.4, -0.2) is 19.7 Å². The number of aromatic nitrogens is 4. The van der Waals surface area contributed by atoms with Crippen LogP contribution in [0.5, 0.6) is 11.6 Å². The Hall–Kier alpha value is -1.62. The van der Waals surface area contributed by atoms with E-state index in [-0.39, 0.29) is 0 Å². The number of hydrogen-bond acceptors (Lipinski definition) is 4. The number of halogens is 1. The molecule has 0 aliphatic heterocycles. The Balaban J connectivity index is 2.30. The van der Waals surface area contributed by atoms with Crippen molar-refractivity contribution < 1.29 is 4.74 Å². The summed E-state index contributed by atoms with van der Waals surface area (Å²) in [5, 5.41) is 4.57. The lowest BCUT2D eigenvalue weighted by Gasteiger charge is -2.08. The minimum Gasteiger partial charge on any atom is -0.435 e. The highest BCUT2D eigenvalue weighted by Crippen LogP contribution is 2.26. The minimum absolute atomic E-state index is 0.430. The van der Waals surface area contributed by atoms with E-state index in [9.17, 15) is 0 Å². The van der Waals surface area contributed by atoms with Gasteiger partial charge in [-0.25, -0.2) is 4.98 Å². The largest absolute Gasteiger partial charge is 0.435 e. The normalized spacial score (nSPS) is 10.7. The maximum Gasteiger partial charge on any atom is 0.227 e. The van der Waals surface area contributed by atoms with E-state index in [4.69, 9.17) is 16.3 Å². The first kappa shape index (κ1) is 12.8. The van der Waals surface area contributed by atoms with Crippen molar-refractivity contribution in [3.05, 3.63) is 28.9 Å². The number of rotatable bonds is 4. The van der Waals surface area contributed by atoms with Crippen LogP contribution in [0, 0.1) is 6.92 Å². The van der Waals surface area contributed by atoms with E-state index in [1.54, 1.807) is 10.9 Å². The fraction of sp³-hybridized carbons (Fsp3) is 0.417. The van der Waals surface area contributed by atoms with Crippen LogP contribution in [0.4, 0.5) is 0 Å². The third-order valence-corrected chi connectivity index (χ3v) is 2.92. The van der Waals surface area contributed by atoms with Gasteiger partial charge in [0.15, 0.2) is 5.75 Å². The Morgan fingerprint density at radius 2 is 2.11 bits per heavy atom. The van der Waals surface area contributed by atoms with Crippen molar-refractivity contribution in [1.29, 1.82) is 0 Å². The summed E-state index contributed by atoms with van der Waals surface area (Å²) in [6.07, 6.45) is 4.19. The molecule has 96 valence electrons. The van der Waals surface area contributed by atoms with E-state index >= 15 is 0 Å². The Bertz CT molecular complexity index is 553. The summed E-state index contributed by atoms with van der Waals surface area (Å²) in [4.78, 5) is 8.50. The second kappa shape index (κ2) is 5.35. The molecule has 0 bridgehead atoms. The molecule has 2 aromatic heterocycles. The molecule has 0 amide bonds. The van der Waals surface area contributed by atoms with Gasteiger partial charge in [0.25, 0.3) is 0 Å². The average Bonchev–Trinajstić information content (AvgIpc) is 2.82. The van der Waals surface area contributed by atoms with Gasteiger partial charge in [0.1, 0.15) is 11.0 Å². The van der Waals surface area contributed by atoms with Crippen LogP contribution in [-0.2, 0) is 13.0 Å². The molecule has 18 heavy (non-hydrogen) atoms. The lowest BCUT2D eigenvalue weighted by Crippen LogP contribution is -1.99. The summed E-state index contributed by atoms with van der Waals surface area (Å²) in [7, 11) is 0. The minimum atomic E-state index is 0.430. The van der Waals surface area contributed by atoms with Crippen LogP contribution in [0.15, 0.2) is 12.4 Å². The van der Waals surface area contributed by atoms with Gasteiger partial charge in [-0.2, -0.15) is 10.1 Å². The highest BCUT2D eigenvalue weighted by atomic mass is 35.5. The van der Waals surface area contributed by atoms with Crippen molar-refractivity contribution in [1.82, 2.24) is 19.7 Å². The second-order valence-corrected chi connectivity index (χ2v) is 4.21. The lowest BCUT2D eigenvalue weighted by molar-refractivity contribution is 0.453. The molecule has 0 saturated heterocycles. The fourth-order valence-electron chi connectivity index (χ4n) is 1.45. The Labute approximate surface area is 111 Å². The molecular formula is C12H15ClN4O. The van der Waals surface area contributed by atoms with Crippen molar-refractivity contribution in [2.45, 2.75) is 33.7 Å². The first-order valence-electron chi connectivity index (χ1n) is 5.87. The molecule has 6 heteroatoms. The van der Waals surface area contributed by atoms with Gasteiger partial charge in [-0.1, -0.05) is 18.5 Å². The van der Waals surface area contributed by atoms with Crippen LogP contribution < -0.4 is 4.74 Å². The van der Waals surface area contributed by atoms with E-state index in [1.807, 2.05) is 27.0 Å². The van der Waals surface area contributed by atoms with Gasteiger partial charge in [0, 0.05) is 18.5 Å². The molecule has 0 aliphatic rings. The zero-order valence-corrected chi connectivity index (χ0v) is 11.4. The smallest absolute Gasteiger partial charge is 0.227 e. The van der Waals surface area contributed by atoms with Crippen LogP contribution in [0.1, 0.15) is 25.2 Å². The number of hydrogen-bond donors (Lipinski definition) is 0. The molecule has 0 radical (unpaired) electrons. The second-order valence-electron chi connectivity index (χ2n) is 3.85. The summed E-state index contributed by atoms with van der Waals surface area (Å²) < 4.78 is 7.48. The molecule has 0 fully saturated rings. The molecule has 0 saturated carbocycles. The highest BCUT2D eigenvalue weighted by Gasteiger charge is 2.11. The van der Waals surface area contributed by atoms with Gasteiger partial charge in [0.2, 0.25) is 5.88 Å². The molecular weight excluding hydrogens is 252 g/mol. The zero-order chi connectivity index (χ0) is 13.1. The Kier molecular flexibility index (Phi) is 3.81. The van der Waals surface area contributed by atoms with Gasteiger partial charge in [-0.3, -0.25) is 4.68 Å². The molecule has 5 nitrogen and oxygen atoms in total. The van der Waals surface area contributed by atoms with Crippen molar-refractivity contribution >= 4 is 11.6 Å². The Morgan fingerprint density at radius 3 is 2.72 bits per heavy atom. The van der Waals surface area contributed by atoms with Crippen molar-refractivity contribution in [3.63, 3.8) is 0 Å². The predicted molar refractivity (Wildman–Crippen MR) is 69.1 cm³/mol. The van der Waals surface area contributed by atoms with Crippen LogP contribution >= 0.6 is 11.6 Å². The van der Waals surface area contributed by atoms with Gasteiger partial charge < -0.3 is 4.74 Å². The first-order chi connectivity index (χ1) is 8.63. The standard InChI is InChI=1S/C12H15ClN4O/c1-4-10-15-11(13)8(3)12(16-10)18-9-6-14-17(5-2)7-9/h6-7H,4-5H2,1-3H3. The van der Waals surface area contributed by atoms with Gasteiger partial charge in [-0.15, -0.1) is 0 Å². The summed E-state index contributed by atoms with van der Waals surface area (Å²) in [5.41, 5.74) is 0.734. The maximum atomic E-state index is 6.04. The summed E-state index contributed by atoms with van der Waals surface area (Å²) >= 11 is 6.04. The van der Waals surface area contributed by atoms with Crippen molar-refractivity contribution in [2.75, 3.05) is 0 Å². The highest BCUT2D eigenvalue weighted by molar-refractivity contribution is 6.30. The van der Waals surface area contributed by atoms with E-state index in [2.05, 4.69) is 15.1 Å². The van der Waals surface area contributed by atoms with E-state index in [1.165, 1.54) is 0 Å². The molecule has 2 aromatic rings.